The number of allylic oxidation sites excluding steroid dienone is 2. The van der Waals surface area contributed by atoms with Gasteiger partial charge in [0.15, 0.2) is 5.12 Å². The molecule has 2 bridgehead atoms. The van der Waals surface area contributed by atoms with Crippen molar-refractivity contribution in [1.29, 1.82) is 0 Å². The van der Waals surface area contributed by atoms with Gasteiger partial charge in [0.05, 0.1) is 18.7 Å². The Morgan fingerprint density at radius 2 is 1.86 bits per heavy atom. The molecule has 12 heteroatoms. The highest BCUT2D eigenvalue weighted by Crippen LogP contribution is 2.20. The van der Waals surface area contributed by atoms with Crippen molar-refractivity contribution in [1.82, 2.24) is 20.9 Å². The first-order valence-electron chi connectivity index (χ1n) is 14.8. The molecule has 0 saturated heterocycles. The van der Waals surface area contributed by atoms with Crippen molar-refractivity contribution in [2.24, 2.45) is 0 Å². The smallest absolute Gasteiger partial charge is 0.329 e. The zero-order valence-corrected chi connectivity index (χ0v) is 27.2. The second-order valence-electron chi connectivity index (χ2n) is 9.99. The minimum absolute atomic E-state index is 0.0293. The van der Waals surface area contributed by atoms with Gasteiger partial charge in [0.2, 0.25) is 5.91 Å². The van der Waals surface area contributed by atoms with E-state index in [-0.39, 0.29) is 41.8 Å². The summed E-state index contributed by atoms with van der Waals surface area (Å²) in [5.74, 6) is -1.73. The molecule has 1 aromatic rings. The van der Waals surface area contributed by atoms with Gasteiger partial charge < -0.3 is 20.7 Å². The van der Waals surface area contributed by atoms with Crippen molar-refractivity contribution in [2.45, 2.75) is 102 Å². The molecule has 0 radical (unpaired) electrons. The maximum Gasteiger partial charge on any atom is 0.329 e. The average molecular weight is 633 g/mol. The van der Waals surface area contributed by atoms with Crippen LogP contribution >= 0.6 is 23.5 Å². The predicted octanol–water partition coefficient (Wildman–Crippen LogP) is 4.83. The fraction of sp³-hybridized carbons (Fsp3) is 0.548. The number of nitrogens with zero attached hydrogens (tertiary/aromatic N) is 1. The number of unbranched alkanes of at least 4 members (excludes halogenated alkanes) is 4. The van der Waals surface area contributed by atoms with Crippen LogP contribution in [-0.2, 0) is 30.5 Å². The minimum atomic E-state index is -0.998. The highest BCUT2D eigenvalue weighted by molar-refractivity contribution is 8.13. The number of pyridine rings is 1. The molecule has 3 amide bonds. The molecule has 2 atom stereocenters. The molecule has 0 fully saturated rings. The van der Waals surface area contributed by atoms with Crippen LogP contribution in [0, 0.1) is 0 Å². The van der Waals surface area contributed by atoms with E-state index in [9.17, 15) is 24.0 Å². The van der Waals surface area contributed by atoms with Gasteiger partial charge in [-0.3, -0.25) is 19.2 Å². The van der Waals surface area contributed by atoms with Crippen LogP contribution in [0.4, 0.5) is 0 Å². The summed E-state index contributed by atoms with van der Waals surface area (Å²) >= 11 is 2.71. The van der Waals surface area contributed by atoms with E-state index >= 15 is 0 Å². The van der Waals surface area contributed by atoms with Crippen molar-refractivity contribution in [3.8, 4) is 0 Å². The van der Waals surface area contributed by atoms with Crippen LogP contribution in [0.2, 0.25) is 0 Å². The number of esters is 1. The number of ether oxygens (including phenoxy) is 1. The second kappa shape index (κ2) is 20.0. The van der Waals surface area contributed by atoms with Crippen LogP contribution in [0.25, 0.3) is 0 Å². The van der Waals surface area contributed by atoms with Crippen molar-refractivity contribution >= 4 is 52.3 Å². The van der Waals surface area contributed by atoms with Gasteiger partial charge in [-0.25, -0.2) is 9.78 Å². The molecule has 1 aromatic heterocycles. The van der Waals surface area contributed by atoms with E-state index < -0.39 is 29.9 Å². The lowest BCUT2D eigenvalue weighted by molar-refractivity contribution is -0.151. The maximum atomic E-state index is 13.0. The summed E-state index contributed by atoms with van der Waals surface area (Å²) in [7, 11) is 0. The normalized spacial score (nSPS) is 19.6. The second-order valence-corrected chi connectivity index (χ2v) is 12.0. The molecular weight excluding hydrogens is 588 g/mol. The number of carbonyl (C=O) groups is 5. The Morgan fingerprint density at radius 1 is 1.09 bits per heavy atom. The predicted molar refractivity (Wildman–Crippen MR) is 170 cm³/mol. The highest BCUT2D eigenvalue weighted by Gasteiger charge is 2.26. The van der Waals surface area contributed by atoms with Crippen LogP contribution in [0.1, 0.15) is 94.7 Å². The molecule has 236 valence electrons. The molecule has 0 spiro atoms. The Bertz CT molecular complexity index is 1190. The number of cyclic esters (lactones) is 1. The quantitative estimate of drug-likeness (QED) is 0.0971. The van der Waals surface area contributed by atoms with E-state index in [1.54, 1.807) is 38.1 Å². The highest BCUT2D eigenvalue weighted by atomic mass is 32.2. The van der Waals surface area contributed by atoms with Crippen molar-refractivity contribution in [3.63, 3.8) is 0 Å². The molecule has 0 aromatic carbocycles. The Labute approximate surface area is 263 Å². The molecular formula is C31H44N4O6S2. The first-order chi connectivity index (χ1) is 20.7. The van der Waals surface area contributed by atoms with Crippen molar-refractivity contribution in [3.05, 3.63) is 47.4 Å². The molecule has 1 aliphatic heterocycles. The van der Waals surface area contributed by atoms with E-state index in [2.05, 4.69) is 27.9 Å². The number of fused-ring (bicyclic) bond motifs is 2. The van der Waals surface area contributed by atoms with E-state index in [0.717, 1.165) is 24.2 Å². The minimum Gasteiger partial charge on any atom is -0.456 e. The van der Waals surface area contributed by atoms with Gasteiger partial charge in [-0.15, -0.1) is 11.8 Å². The number of nitrogens with one attached hydrogen (secondary N) is 3. The van der Waals surface area contributed by atoms with Crippen LogP contribution in [-0.4, -0.2) is 57.9 Å². The van der Waals surface area contributed by atoms with Gasteiger partial charge >= 0.3 is 5.97 Å². The topological polar surface area (TPSA) is 144 Å². The first kappa shape index (κ1) is 36.1. The Hall–Kier alpha value is -3.12. The van der Waals surface area contributed by atoms with Crippen LogP contribution in [0.3, 0.4) is 0 Å². The molecule has 10 nitrogen and oxygen atoms in total. The fourth-order valence-electron chi connectivity index (χ4n) is 4.19. The van der Waals surface area contributed by atoms with Gasteiger partial charge in [-0.2, -0.15) is 0 Å². The number of hydrogen-bond donors (Lipinski definition) is 3. The van der Waals surface area contributed by atoms with Gasteiger partial charge in [0, 0.05) is 17.1 Å². The first-order valence-corrected chi connectivity index (χ1v) is 17.0. The number of carbonyl (C=O) groups excluding carboxylic acids is 5. The maximum absolute atomic E-state index is 13.0. The van der Waals surface area contributed by atoms with Gasteiger partial charge in [0.1, 0.15) is 23.5 Å². The van der Waals surface area contributed by atoms with E-state index in [1.165, 1.54) is 42.4 Å². The summed E-state index contributed by atoms with van der Waals surface area (Å²) in [6.07, 6.45) is 12.6. The van der Waals surface area contributed by atoms with Crippen molar-refractivity contribution < 1.29 is 28.7 Å². The molecule has 3 N–H and O–H groups in total. The molecule has 0 aliphatic carbocycles. The third-order valence-corrected chi connectivity index (χ3v) is 8.43. The van der Waals surface area contributed by atoms with E-state index in [4.69, 9.17) is 4.74 Å². The molecule has 1 aliphatic rings. The number of aromatic nitrogens is 1. The summed E-state index contributed by atoms with van der Waals surface area (Å²) in [6, 6.07) is 2.29. The molecule has 0 unspecified atom stereocenters. The summed E-state index contributed by atoms with van der Waals surface area (Å²) < 4.78 is 5.66. The van der Waals surface area contributed by atoms with Gasteiger partial charge in [-0.1, -0.05) is 63.4 Å². The number of hydrogen-bond acceptors (Lipinski definition) is 9. The number of amides is 3. The lowest BCUT2D eigenvalue weighted by Crippen LogP contribution is -2.46. The Kier molecular flexibility index (Phi) is 16.7. The average Bonchev–Trinajstić information content (AvgIpc) is 3.00. The summed E-state index contributed by atoms with van der Waals surface area (Å²) in [6.45, 7) is 5.53. The summed E-state index contributed by atoms with van der Waals surface area (Å²) in [5, 5.41) is 8.13. The summed E-state index contributed by atoms with van der Waals surface area (Å²) in [4.78, 5) is 69.1. The lowest BCUT2D eigenvalue weighted by atomic mass is 10.1. The third kappa shape index (κ3) is 13.0. The molecule has 2 rings (SSSR count). The fourth-order valence-corrected chi connectivity index (χ4v) is 5.52. The van der Waals surface area contributed by atoms with Gasteiger partial charge in [-0.05, 0) is 50.7 Å². The van der Waals surface area contributed by atoms with E-state index in [0.29, 0.717) is 24.3 Å². The molecule has 2 heterocycles. The van der Waals surface area contributed by atoms with E-state index in [1.807, 2.05) is 6.26 Å². The number of rotatable bonds is 12. The van der Waals surface area contributed by atoms with Crippen molar-refractivity contribution in [2.75, 3.05) is 12.0 Å². The third-order valence-electron chi connectivity index (χ3n) is 6.65. The zero-order chi connectivity index (χ0) is 31.6. The van der Waals surface area contributed by atoms with Crippen LogP contribution < -0.4 is 16.0 Å². The standard InChI is InChI=1S/C31H44N4O6S2/c1-5-8-9-10-11-15-28(37)43-18-13-12-14-21-19-27(36)32-20-25-26(42-4)17-16-24(33-25)30(39)34-22(6-2)29(38)35-23(7-3)31(40)41-21/h6,12,14,16-17,21,23H,5,7-11,13,15,18-20H2,1-4H3,(H,32,36)(H,34,39)(H,35,38)/b14-12+,22-6-/t21-,23+/m1/s1. The molecule has 43 heavy (non-hydrogen) atoms. The number of thioether (sulfide) groups is 2. The van der Waals surface area contributed by atoms with Crippen LogP contribution in [0.15, 0.2) is 41.0 Å². The molecule has 0 saturated carbocycles. The van der Waals surface area contributed by atoms with Crippen LogP contribution in [0.5, 0.6) is 0 Å². The summed E-state index contributed by atoms with van der Waals surface area (Å²) in [5.41, 5.74) is 0.550. The SMILES string of the molecule is C/C=C1\NC(=O)c2ccc(SC)c(n2)CNC(=O)C[C@@H](/C=C/CCSC(=O)CCCCCCC)OC(=O)[C@H](CC)NC1=O. The Balaban J connectivity index is 2.16. The largest absolute Gasteiger partial charge is 0.456 e. The lowest BCUT2D eigenvalue weighted by Gasteiger charge is -2.21. The Morgan fingerprint density at radius 3 is 2.56 bits per heavy atom. The zero-order valence-electron chi connectivity index (χ0n) is 25.5. The van der Waals surface area contributed by atoms with Gasteiger partial charge in [0.25, 0.3) is 11.8 Å². The monoisotopic (exact) mass is 632 g/mol.